The van der Waals surface area contributed by atoms with Crippen LogP contribution in [0.1, 0.15) is 18.5 Å². The minimum absolute atomic E-state index is 0.0751. The zero-order valence-electron chi connectivity index (χ0n) is 10.4. The van der Waals surface area contributed by atoms with Crippen molar-refractivity contribution in [1.82, 2.24) is 5.32 Å². The first-order chi connectivity index (χ1) is 9.22. The molecule has 0 aliphatic carbocycles. The van der Waals surface area contributed by atoms with Crippen molar-refractivity contribution in [3.05, 3.63) is 29.8 Å². The Labute approximate surface area is 111 Å². The molecule has 1 N–H and O–H groups in total. The number of halogens is 6. The van der Waals surface area contributed by atoms with Gasteiger partial charge in [-0.15, -0.1) is 0 Å². The lowest BCUT2D eigenvalue weighted by atomic mass is 10.1. The van der Waals surface area contributed by atoms with Gasteiger partial charge in [0.25, 0.3) is 0 Å². The fourth-order valence-corrected chi connectivity index (χ4v) is 1.42. The number of hydrogen-bond acceptors (Lipinski definition) is 2. The third-order valence-corrected chi connectivity index (χ3v) is 2.57. The molecular weight excluding hydrogens is 288 g/mol. The van der Waals surface area contributed by atoms with Crippen molar-refractivity contribution in [2.45, 2.75) is 31.9 Å². The van der Waals surface area contributed by atoms with Crippen LogP contribution in [0.5, 0.6) is 5.75 Å². The van der Waals surface area contributed by atoms with E-state index in [0.29, 0.717) is 5.56 Å². The molecule has 0 bridgehead atoms. The van der Waals surface area contributed by atoms with Crippen LogP contribution in [0.25, 0.3) is 0 Å². The summed E-state index contributed by atoms with van der Waals surface area (Å²) in [5, 5.41) is 2.26. The summed E-state index contributed by atoms with van der Waals surface area (Å²) in [6, 6.07) is 4.61. The molecule has 1 rings (SSSR count). The third kappa shape index (κ3) is 4.92. The van der Waals surface area contributed by atoms with Gasteiger partial charge in [-0.2, -0.15) is 17.6 Å². The van der Waals surface area contributed by atoms with E-state index in [2.05, 4.69) is 10.1 Å². The van der Waals surface area contributed by atoms with Gasteiger partial charge in [0.05, 0.1) is 6.54 Å². The Morgan fingerprint density at radius 1 is 1.10 bits per heavy atom. The smallest absolute Gasteiger partial charge is 0.387 e. The Hall–Kier alpha value is -1.44. The third-order valence-electron chi connectivity index (χ3n) is 2.57. The Kier molecular flexibility index (Phi) is 5.67. The van der Waals surface area contributed by atoms with Crippen LogP contribution in [-0.2, 0) is 0 Å². The van der Waals surface area contributed by atoms with Gasteiger partial charge in [-0.1, -0.05) is 12.1 Å². The lowest BCUT2D eigenvalue weighted by Gasteiger charge is -2.20. The van der Waals surface area contributed by atoms with Crippen LogP contribution in [0.4, 0.5) is 26.3 Å². The highest BCUT2D eigenvalue weighted by molar-refractivity contribution is 5.28. The number of hydrogen-bond donors (Lipinski definition) is 1. The summed E-state index contributed by atoms with van der Waals surface area (Å²) in [4.78, 5) is 0. The molecule has 1 atom stereocenters. The van der Waals surface area contributed by atoms with Gasteiger partial charge in [0.15, 0.2) is 0 Å². The Morgan fingerprint density at radius 2 is 1.65 bits per heavy atom. The second-order valence-electron chi connectivity index (χ2n) is 4.11. The zero-order chi connectivity index (χ0) is 15.3. The van der Waals surface area contributed by atoms with Gasteiger partial charge < -0.3 is 10.1 Å². The number of benzene rings is 1. The number of rotatable bonds is 7. The minimum Gasteiger partial charge on any atom is -0.435 e. The fourth-order valence-electron chi connectivity index (χ4n) is 1.42. The Morgan fingerprint density at radius 3 is 2.10 bits per heavy atom. The average molecular weight is 301 g/mol. The molecule has 1 aromatic rings. The van der Waals surface area contributed by atoms with Crippen LogP contribution in [-0.4, -0.2) is 25.5 Å². The van der Waals surface area contributed by atoms with Crippen LogP contribution < -0.4 is 10.1 Å². The Balaban J connectivity index is 2.57. The summed E-state index contributed by atoms with van der Waals surface area (Å²) in [5.74, 6) is -4.19. The van der Waals surface area contributed by atoms with Gasteiger partial charge in [0.2, 0.25) is 0 Å². The van der Waals surface area contributed by atoms with E-state index >= 15 is 0 Å². The van der Waals surface area contributed by atoms with Crippen LogP contribution >= 0.6 is 0 Å². The molecule has 2 nitrogen and oxygen atoms in total. The number of ether oxygens (including phenoxy) is 1. The standard InChI is InChI=1S/C12H13F6NO/c1-7(19-6-12(17,18)10(13)14)8-2-4-9(5-3-8)20-11(15)16/h2-5,7,10-11,19H,6H2,1H3. The lowest BCUT2D eigenvalue weighted by molar-refractivity contribution is -0.126. The maximum Gasteiger partial charge on any atom is 0.387 e. The highest BCUT2D eigenvalue weighted by Crippen LogP contribution is 2.24. The molecule has 0 aliphatic heterocycles. The molecule has 0 aliphatic rings. The predicted octanol–water partition coefficient (Wildman–Crippen LogP) is 3.84. The van der Waals surface area contributed by atoms with Crippen LogP contribution in [0, 0.1) is 0 Å². The summed E-state index contributed by atoms with van der Waals surface area (Å²) in [7, 11) is 0. The molecule has 0 aromatic heterocycles. The zero-order valence-corrected chi connectivity index (χ0v) is 10.4. The van der Waals surface area contributed by atoms with E-state index in [0.717, 1.165) is 0 Å². The summed E-state index contributed by atoms with van der Waals surface area (Å²) in [6.45, 7) is -2.65. The highest BCUT2D eigenvalue weighted by Gasteiger charge is 2.40. The Bertz CT molecular complexity index is 409. The van der Waals surface area contributed by atoms with Crippen molar-refractivity contribution in [1.29, 1.82) is 0 Å². The maximum absolute atomic E-state index is 12.7. The van der Waals surface area contributed by atoms with Crippen molar-refractivity contribution < 1.29 is 31.1 Å². The van der Waals surface area contributed by atoms with E-state index in [1.807, 2.05) is 0 Å². The van der Waals surface area contributed by atoms with Crippen molar-refractivity contribution in [2.24, 2.45) is 0 Å². The molecule has 0 fully saturated rings. The molecule has 0 heterocycles. The maximum atomic E-state index is 12.7. The van der Waals surface area contributed by atoms with Crippen LogP contribution in [0.15, 0.2) is 24.3 Å². The first-order valence-electron chi connectivity index (χ1n) is 5.66. The van der Waals surface area contributed by atoms with Crippen molar-refractivity contribution >= 4 is 0 Å². The number of nitrogens with one attached hydrogen (secondary N) is 1. The largest absolute Gasteiger partial charge is 0.435 e. The summed E-state index contributed by atoms with van der Waals surface area (Å²) in [5.41, 5.74) is 0.483. The quantitative estimate of drug-likeness (QED) is 0.773. The van der Waals surface area contributed by atoms with E-state index < -0.39 is 31.5 Å². The first-order valence-corrected chi connectivity index (χ1v) is 5.66. The fraction of sp³-hybridized carbons (Fsp3) is 0.500. The monoisotopic (exact) mass is 301 g/mol. The van der Waals surface area contributed by atoms with Crippen molar-refractivity contribution in [2.75, 3.05) is 6.54 Å². The van der Waals surface area contributed by atoms with Crippen molar-refractivity contribution in [3.63, 3.8) is 0 Å². The molecule has 0 saturated heterocycles. The van der Waals surface area contributed by atoms with Gasteiger partial charge >= 0.3 is 19.0 Å². The molecular formula is C12H13F6NO. The van der Waals surface area contributed by atoms with Gasteiger partial charge in [-0.3, -0.25) is 0 Å². The molecule has 0 radical (unpaired) electrons. The van der Waals surface area contributed by atoms with E-state index in [1.54, 1.807) is 0 Å². The van der Waals surface area contributed by atoms with Crippen LogP contribution in [0.3, 0.4) is 0 Å². The van der Waals surface area contributed by atoms with Gasteiger partial charge in [-0.05, 0) is 24.6 Å². The molecule has 0 amide bonds. The molecule has 20 heavy (non-hydrogen) atoms. The summed E-state index contributed by atoms with van der Waals surface area (Å²) >= 11 is 0. The second kappa shape index (κ2) is 6.83. The molecule has 0 saturated carbocycles. The van der Waals surface area contributed by atoms with Crippen LogP contribution in [0.2, 0.25) is 0 Å². The van der Waals surface area contributed by atoms with E-state index in [1.165, 1.54) is 31.2 Å². The summed E-state index contributed by atoms with van der Waals surface area (Å²) < 4.78 is 77.3. The van der Waals surface area contributed by atoms with Crippen molar-refractivity contribution in [3.8, 4) is 5.75 Å². The molecule has 1 unspecified atom stereocenters. The SMILES string of the molecule is CC(NCC(F)(F)C(F)F)c1ccc(OC(F)F)cc1. The predicted molar refractivity (Wildman–Crippen MR) is 60.4 cm³/mol. The lowest BCUT2D eigenvalue weighted by Crippen LogP contribution is -2.39. The minimum atomic E-state index is -4.12. The average Bonchev–Trinajstić information content (AvgIpc) is 2.36. The topological polar surface area (TPSA) is 21.3 Å². The van der Waals surface area contributed by atoms with Gasteiger partial charge in [0.1, 0.15) is 5.75 Å². The highest BCUT2D eigenvalue weighted by atomic mass is 19.3. The van der Waals surface area contributed by atoms with E-state index in [9.17, 15) is 26.3 Å². The molecule has 0 spiro atoms. The van der Waals surface area contributed by atoms with E-state index in [-0.39, 0.29) is 5.75 Å². The molecule has 1 aromatic carbocycles. The van der Waals surface area contributed by atoms with E-state index in [4.69, 9.17) is 0 Å². The second-order valence-corrected chi connectivity index (χ2v) is 4.11. The molecule has 114 valence electrons. The summed E-state index contributed by atoms with van der Waals surface area (Å²) in [6.07, 6.45) is -3.75. The van der Waals surface area contributed by atoms with Gasteiger partial charge in [0, 0.05) is 6.04 Å². The number of alkyl halides is 6. The molecule has 8 heteroatoms. The normalized spacial score (nSPS) is 13.8. The first kappa shape index (κ1) is 16.6. The van der Waals surface area contributed by atoms with Gasteiger partial charge in [-0.25, -0.2) is 8.78 Å².